The molecule has 2 rings (SSSR count). The number of nitriles is 1. The van der Waals surface area contributed by atoms with Crippen molar-refractivity contribution in [1.29, 1.82) is 5.26 Å². The molecule has 0 amide bonds. The van der Waals surface area contributed by atoms with E-state index in [1.165, 1.54) is 12.1 Å². The van der Waals surface area contributed by atoms with Gasteiger partial charge in [0.2, 0.25) is 5.75 Å². The van der Waals surface area contributed by atoms with E-state index in [1.54, 1.807) is 6.07 Å². The molecule has 23 heavy (non-hydrogen) atoms. The molecular formula is C14H11ClF3N3O2. The van der Waals surface area contributed by atoms with Crippen molar-refractivity contribution in [1.82, 2.24) is 9.97 Å². The lowest BCUT2D eigenvalue weighted by molar-refractivity contribution is -0.142. The largest absolute Gasteiger partial charge is 0.449 e. The molecule has 0 fully saturated rings. The lowest BCUT2D eigenvalue weighted by atomic mass is 10.2. The average Bonchev–Trinajstić information content (AvgIpc) is 2.49. The molecule has 0 aliphatic heterocycles. The number of hydrogen-bond acceptors (Lipinski definition) is 4. The smallest absolute Gasteiger partial charge is 0.437 e. The molecule has 1 heterocycles. The Balaban J connectivity index is 0.00000127. The van der Waals surface area contributed by atoms with E-state index < -0.39 is 23.2 Å². The van der Waals surface area contributed by atoms with Gasteiger partial charge in [-0.05, 0) is 18.2 Å². The zero-order chi connectivity index (χ0) is 17.6. The minimum Gasteiger partial charge on any atom is -0.449 e. The fourth-order valence-corrected chi connectivity index (χ4v) is 1.71. The highest BCUT2D eigenvalue weighted by Gasteiger charge is 2.38. The number of ether oxygens (including phenoxy) is 1. The van der Waals surface area contributed by atoms with E-state index >= 15 is 0 Å². The van der Waals surface area contributed by atoms with Crippen molar-refractivity contribution in [2.24, 2.45) is 0 Å². The van der Waals surface area contributed by atoms with Gasteiger partial charge in [0.15, 0.2) is 5.69 Å². The second kappa shape index (κ2) is 7.65. The Kier molecular flexibility index (Phi) is 6.16. The first-order valence-electron chi connectivity index (χ1n) is 6.34. The van der Waals surface area contributed by atoms with Gasteiger partial charge in [0, 0.05) is 5.02 Å². The molecule has 1 aromatic carbocycles. The van der Waals surface area contributed by atoms with Crippen molar-refractivity contribution >= 4 is 11.6 Å². The third-order valence-electron chi connectivity index (χ3n) is 2.30. The van der Waals surface area contributed by atoms with Gasteiger partial charge < -0.3 is 9.72 Å². The standard InChI is InChI=1S/C12H5ClF3N3O2.C2H6/c13-7-1-6(4-17)2-8(3-7)21-9-10(12(14,15)16)18-5-19-11(9)20;1-2/h1-3,5H,(H,18,19,20);1-2H3. The number of halogens is 4. The molecule has 1 aromatic heterocycles. The summed E-state index contributed by atoms with van der Waals surface area (Å²) in [5, 5.41) is 8.85. The highest BCUT2D eigenvalue weighted by atomic mass is 35.5. The maximum absolute atomic E-state index is 12.8. The number of aromatic amines is 1. The molecule has 0 aliphatic carbocycles. The monoisotopic (exact) mass is 345 g/mol. The van der Waals surface area contributed by atoms with E-state index in [-0.39, 0.29) is 16.3 Å². The van der Waals surface area contributed by atoms with Crippen LogP contribution in [0.3, 0.4) is 0 Å². The normalized spacial score (nSPS) is 10.3. The molecule has 1 N–H and O–H groups in total. The molecule has 0 bridgehead atoms. The van der Waals surface area contributed by atoms with Gasteiger partial charge in [0.05, 0.1) is 18.0 Å². The van der Waals surface area contributed by atoms with Crippen LogP contribution in [0.5, 0.6) is 11.5 Å². The summed E-state index contributed by atoms with van der Waals surface area (Å²) in [5.74, 6) is -1.20. The third kappa shape index (κ3) is 4.72. The maximum Gasteiger partial charge on any atom is 0.437 e. The number of aromatic nitrogens is 2. The summed E-state index contributed by atoms with van der Waals surface area (Å²) in [7, 11) is 0. The van der Waals surface area contributed by atoms with Gasteiger partial charge >= 0.3 is 6.18 Å². The molecule has 0 radical (unpaired) electrons. The average molecular weight is 346 g/mol. The SMILES string of the molecule is CC.N#Cc1cc(Cl)cc(Oc2c(C(F)(F)F)nc[nH]c2=O)c1. The van der Waals surface area contributed by atoms with Crippen LogP contribution in [0.2, 0.25) is 5.02 Å². The summed E-state index contributed by atoms with van der Waals surface area (Å²) in [6.45, 7) is 4.00. The lowest BCUT2D eigenvalue weighted by Crippen LogP contribution is -2.18. The fourth-order valence-electron chi connectivity index (χ4n) is 1.49. The Morgan fingerprint density at radius 3 is 2.52 bits per heavy atom. The van der Waals surface area contributed by atoms with Crippen LogP contribution in [0, 0.1) is 11.3 Å². The second-order valence-corrected chi connectivity index (χ2v) is 4.23. The number of nitrogens with one attached hydrogen (secondary N) is 1. The lowest BCUT2D eigenvalue weighted by Gasteiger charge is -2.11. The molecule has 9 heteroatoms. The molecule has 5 nitrogen and oxygen atoms in total. The molecule has 0 saturated heterocycles. The number of H-pyrrole nitrogens is 1. The topological polar surface area (TPSA) is 78.8 Å². The maximum atomic E-state index is 12.8. The van der Waals surface area contributed by atoms with Crippen LogP contribution in [0.15, 0.2) is 29.3 Å². The Morgan fingerprint density at radius 2 is 1.96 bits per heavy atom. The van der Waals surface area contributed by atoms with Crippen LogP contribution in [0.1, 0.15) is 25.1 Å². The van der Waals surface area contributed by atoms with Gasteiger partial charge in [0.25, 0.3) is 5.56 Å². The molecule has 2 aromatic rings. The van der Waals surface area contributed by atoms with Crippen molar-refractivity contribution in [3.8, 4) is 17.6 Å². The Labute approximate surface area is 134 Å². The van der Waals surface area contributed by atoms with Crippen molar-refractivity contribution in [2.45, 2.75) is 20.0 Å². The number of rotatable bonds is 2. The van der Waals surface area contributed by atoms with Crippen molar-refractivity contribution < 1.29 is 17.9 Å². The van der Waals surface area contributed by atoms with Gasteiger partial charge in [-0.1, -0.05) is 25.4 Å². The van der Waals surface area contributed by atoms with Crippen LogP contribution in [0.4, 0.5) is 13.2 Å². The zero-order valence-electron chi connectivity index (χ0n) is 12.0. The van der Waals surface area contributed by atoms with Crippen molar-refractivity contribution in [3.63, 3.8) is 0 Å². The summed E-state index contributed by atoms with van der Waals surface area (Å²) in [4.78, 5) is 16.6. The minimum atomic E-state index is -4.86. The first kappa shape index (κ1) is 18.5. The second-order valence-electron chi connectivity index (χ2n) is 3.80. The zero-order valence-corrected chi connectivity index (χ0v) is 12.8. The summed E-state index contributed by atoms with van der Waals surface area (Å²) in [6.07, 6.45) is -4.24. The van der Waals surface area contributed by atoms with Gasteiger partial charge in [-0.3, -0.25) is 4.79 Å². The third-order valence-corrected chi connectivity index (χ3v) is 2.52. The Morgan fingerprint density at radius 1 is 1.30 bits per heavy atom. The summed E-state index contributed by atoms with van der Waals surface area (Å²) >= 11 is 5.71. The summed E-state index contributed by atoms with van der Waals surface area (Å²) in [5.41, 5.74) is -2.49. The predicted octanol–water partition coefficient (Wildman–Crippen LogP) is 4.13. The van der Waals surface area contributed by atoms with Crippen LogP contribution in [-0.4, -0.2) is 9.97 Å². The van der Waals surface area contributed by atoms with Gasteiger partial charge in [-0.25, -0.2) is 4.98 Å². The molecule has 0 saturated carbocycles. The molecular weight excluding hydrogens is 335 g/mol. The van der Waals surface area contributed by atoms with E-state index in [9.17, 15) is 18.0 Å². The highest BCUT2D eigenvalue weighted by Crippen LogP contribution is 2.34. The minimum absolute atomic E-state index is 0.0753. The van der Waals surface area contributed by atoms with E-state index in [4.69, 9.17) is 21.6 Å². The van der Waals surface area contributed by atoms with Crippen molar-refractivity contribution in [3.05, 3.63) is 51.2 Å². The molecule has 122 valence electrons. The van der Waals surface area contributed by atoms with Gasteiger partial charge in [-0.2, -0.15) is 18.4 Å². The number of alkyl halides is 3. The summed E-state index contributed by atoms with van der Waals surface area (Å²) in [6, 6.07) is 5.39. The van der Waals surface area contributed by atoms with E-state index in [2.05, 4.69) is 4.98 Å². The number of hydrogen-bond donors (Lipinski definition) is 1. The Hall–Kier alpha value is -2.53. The Bertz CT molecular complexity index is 782. The van der Waals surface area contributed by atoms with E-state index in [1.807, 2.05) is 18.8 Å². The van der Waals surface area contributed by atoms with Gasteiger partial charge in [0.1, 0.15) is 5.75 Å². The fraction of sp³-hybridized carbons (Fsp3) is 0.214. The molecule has 0 spiro atoms. The van der Waals surface area contributed by atoms with Crippen LogP contribution < -0.4 is 10.3 Å². The van der Waals surface area contributed by atoms with Crippen LogP contribution in [0.25, 0.3) is 0 Å². The first-order valence-corrected chi connectivity index (χ1v) is 6.72. The molecule has 0 atom stereocenters. The van der Waals surface area contributed by atoms with E-state index in [0.29, 0.717) is 6.33 Å². The first-order chi connectivity index (χ1) is 10.8. The number of benzene rings is 1. The van der Waals surface area contributed by atoms with Crippen LogP contribution in [-0.2, 0) is 6.18 Å². The molecule has 0 aliphatic rings. The van der Waals surface area contributed by atoms with Crippen LogP contribution >= 0.6 is 11.6 Å². The summed E-state index contributed by atoms with van der Waals surface area (Å²) < 4.78 is 43.3. The molecule has 0 unspecified atom stereocenters. The quantitative estimate of drug-likeness (QED) is 0.887. The van der Waals surface area contributed by atoms with Gasteiger partial charge in [-0.15, -0.1) is 0 Å². The highest BCUT2D eigenvalue weighted by molar-refractivity contribution is 6.30. The predicted molar refractivity (Wildman–Crippen MR) is 77.4 cm³/mol. The van der Waals surface area contributed by atoms with Crippen molar-refractivity contribution in [2.75, 3.05) is 0 Å². The number of nitrogens with zero attached hydrogens (tertiary/aromatic N) is 2. The van der Waals surface area contributed by atoms with E-state index in [0.717, 1.165) is 6.07 Å².